The van der Waals surface area contributed by atoms with Crippen molar-refractivity contribution in [3.8, 4) is 0 Å². The fourth-order valence-electron chi connectivity index (χ4n) is 2.57. The second-order valence-corrected chi connectivity index (χ2v) is 5.99. The van der Waals surface area contributed by atoms with Crippen molar-refractivity contribution in [3.63, 3.8) is 0 Å². The van der Waals surface area contributed by atoms with Crippen LogP contribution in [0, 0.1) is 18.8 Å². The van der Waals surface area contributed by atoms with Crippen LogP contribution < -0.4 is 10.2 Å². The molecule has 1 aliphatic rings. The van der Waals surface area contributed by atoms with Gasteiger partial charge in [-0.05, 0) is 50.4 Å². The summed E-state index contributed by atoms with van der Waals surface area (Å²) in [5.74, 6) is 1.56. The molecule has 2 heteroatoms. The summed E-state index contributed by atoms with van der Waals surface area (Å²) in [4.78, 5) is 2.52. The Labute approximate surface area is 111 Å². The Morgan fingerprint density at radius 3 is 2.67 bits per heavy atom. The van der Waals surface area contributed by atoms with Gasteiger partial charge in [-0.1, -0.05) is 31.5 Å². The molecule has 18 heavy (non-hydrogen) atoms. The number of aryl methyl sites for hydroxylation is 1. The molecule has 1 aromatic rings. The lowest BCUT2D eigenvalue weighted by molar-refractivity contribution is 0.477. The van der Waals surface area contributed by atoms with E-state index < -0.39 is 0 Å². The van der Waals surface area contributed by atoms with Gasteiger partial charge in [0.2, 0.25) is 0 Å². The summed E-state index contributed by atoms with van der Waals surface area (Å²) in [6.45, 7) is 11.4. The molecule has 0 bridgehead atoms. The highest BCUT2D eigenvalue weighted by Gasteiger charge is 2.22. The number of nitrogens with zero attached hydrogens (tertiary/aromatic N) is 1. The molecule has 100 valence electrons. The van der Waals surface area contributed by atoms with Gasteiger partial charge in [0.1, 0.15) is 0 Å². The molecule has 2 rings (SSSR count). The Kier molecular flexibility index (Phi) is 4.65. The number of benzene rings is 1. The van der Waals surface area contributed by atoms with Crippen LogP contribution in [-0.4, -0.2) is 26.2 Å². The molecule has 1 heterocycles. The average Bonchev–Trinajstić information content (AvgIpc) is 2.78. The molecule has 1 fully saturated rings. The van der Waals surface area contributed by atoms with Crippen molar-refractivity contribution in [3.05, 3.63) is 29.8 Å². The molecule has 1 aliphatic heterocycles. The van der Waals surface area contributed by atoms with E-state index in [-0.39, 0.29) is 0 Å². The topological polar surface area (TPSA) is 15.3 Å². The van der Waals surface area contributed by atoms with Crippen molar-refractivity contribution in [2.45, 2.75) is 27.2 Å². The highest BCUT2D eigenvalue weighted by atomic mass is 15.2. The number of hydrogen-bond acceptors (Lipinski definition) is 2. The van der Waals surface area contributed by atoms with Gasteiger partial charge in [0.15, 0.2) is 0 Å². The maximum atomic E-state index is 3.58. The molecule has 2 nitrogen and oxygen atoms in total. The minimum atomic E-state index is 0.750. The largest absolute Gasteiger partial charge is 0.371 e. The van der Waals surface area contributed by atoms with Crippen LogP contribution in [-0.2, 0) is 0 Å². The molecule has 1 saturated heterocycles. The Morgan fingerprint density at radius 1 is 1.28 bits per heavy atom. The maximum absolute atomic E-state index is 3.58. The van der Waals surface area contributed by atoms with Crippen LogP contribution in [0.1, 0.15) is 25.8 Å². The van der Waals surface area contributed by atoms with E-state index >= 15 is 0 Å². The highest BCUT2D eigenvalue weighted by Crippen LogP contribution is 2.23. The van der Waals surface area contributed by atoms with Crippen LogP contribution in [0.5, 0.6) is 0 Å². The van der Waals surface area contributed by atoms with E-state index in [9.17, 15) is 0 Å². The quantitative estimate of drug-likeness (QED) is 0.859. The molecule has 0 aliphatic carbocycles. The molecule has 1 unspecified atom stereocenters. The molecule has 1 aromatic carbocycles. The van der Waals surface area contributed by atoms with Crippen LogP contribution in [0.3, 0.4) is 0 Å². The molecular weight excluding hydrogens is 220 g/mol. The molecule has 0 aromatic heterocycles. The zero-order valence-electron chi connectivity index (χ0n) is 11.9. The van der Waals surface area contributed by atoms with E-state index in [1.807, 2.05) is 0 Å². The van der Waals surface area contributed by atoms with Gasteiger partial charge < -0.3 is 10.2 Å². The maximum Gasteiger partial charge on any atom is 0.0366 e. The van der Waals surface area contributed by atoms with Crippen LogP contribution in [0.25, 0.3) is 0 Å². The molecule has 0 saturated carbocycles. The predicted octanol–water partition coefficient (Wildman–Crippen LogP) is 3.07. The van der Waals surface area contributed by atoms with Crippen molar-refractivity contribution in [2.75, 3.05) is 31.1 Å². The summed E-state index contributed by atoms with van der Waals surface area (Å²) in [7, 11) is 0. The summed E-state index contributed by atoms with van der Waals surface area (Å²) < 4.78 is 0. The van der Waals surface area contributed by atoms with E-state index in [0.717, 1.165) is 18.4 Å². The van der Waals surface area contributed by atoms with Gasteiger partial charge in [0.25, 0.3) is 0 Å². The molecule has 0 amide bonds. The van der Waals surface area contributed by atoms with Gasteiger partial charge in [-0.25, -0.2) is 0 Å². The fourth-order valence-corrected chi connectivity index (χ4v) is 2.57. The van der Waals surface area contributed by atoms with Gasteiger partial charge >= 0.3 is 0 Å². The van der Waals surface area contributed by atoms with Gasteiger partial charge in [-0.3, -0.25) is 0 Å². The fraction of sp³-hybridized carbons (Fsp3) is 0.625. The van der Waals surface area contributed by atoms with Crippen molar-refractivity contribution in [1.29, 1.82) is 0 Å². The number of anilines is 1. The molecule has 0 spiro atoms. The first-order valence-corrected chi connectivity index (χ1v) is 7.17. The third kappa shape index (κ3) is 3.74. The zero-order chi connectivity index (χ0) is 13.0. The summed E-state index contributed by atoms with van der Waals surface area (Å²) in [5, 5.41) is 3.58. The van der Waals surface area contributed by atoms with Crippen molar-refractivity contribution in [2.24, 2.45) is 11.8 Å². The van der Waals surface area contributed by atoms with Crippen molar-refractivity contribution in [1.82, 2.24) is 5.32 Å². The Hall–Kier alpha value is -1.02. The number of hydrogen-bond donors (Lipinski definition) is 1. The first kappa shape index (κ1) is 13.4. The standard InChI is InChI=1S/C16H26N2/c1-13(2)10-17-11-15-8-9-18(12-15)16-6-4-14(3)5-7-16/h4-7,13,15,17H,8-12H2,1-3H3. The summed E-state index contributed by atoms with van der Waals surface area (Å²) in [6.07, 6.45) is 1.32. The lowest BCUT2D eigenvalue weighted by atomic mass is 10.1. The third-order valence-electron chi connectivity index (χ3n) is 3.67. The molecule has 0 radical (unpaired) electrons. The highest BCUT2D eigenvalue weighted by molar-refractivity contribution is 5.48. The van der Waals surface area contributed by atoms with Gasteiger partial charge in [-0.15, -0.1) is 0 Å². The van der Waals surface area contributed by atoms with Crippen LogP contribution in [0.4, 0.5) is 5.69 Å². The summed E-state index contributed by atoms with van der Waals surface area (Å²) >= 11 is 0. The lowest BCUT2D eigenvalue weighted by Crippen LogP contribution is -2.28. The smallest absolute Gasteiger partial charge is 0.0366 e. The van der Waals surface area contributed by atoms with Gasteiger partial charge in [0.05, 0.1) is 0 Å². The molecular formula is C16H26N2. The SMILES string of the molecule is Cc1ccc(N2CCC(CNCC(C)C)C2)cc1. The Bertz CT molecular complexity index is 356. The molecule has 1 atom stereocenters. The van der Waals surface area contributed by atoms with Gasteiger partial charge in [-0.2, -0.15) is 0 Å². The summed E-state index contributed by atoms with van der Waals surface area (Å²) in [5.41, 5.74) is 2.72. The summed E-state index contributed by atoms with van der Waals surface area (Å²) in [6, 6.07) is 8.91. The number of rotatable bonds is 5. The number of nitrogens with one attached hydrogen (secondary N) is 1. The Morgan fingerprint density at radius 2 is 2.00 bits per heavy atom. The van der Waals surface area contributed by atoms with E-state index in [1.54, 1.807) is 0 Å². The van der Waals surface area contributed by atoms with Gasteiger partial charge in [0, 0.05) is 18.8 Å². The van der Waals surface area contributed by atoms with Crippen molar-refractivity contribution < 1.29 is 0 Å². The molecule has 1 N–H and O–H groups in total. The first-order chi connectivity index (χ1) is 8.65. The van der Waals surface area contributed by atoms with E-state index in [0.29, 0.717) is 0 Å². The van der Waals surface area contributed by atoms with E-state index in [1.165, 1.54) is 37.3 Å². The van der Waals surface area contributed by atoms with Crippen molar-refractivity contribution >= 4 is 5.69 Å². The predicted molar refractivity (Wildman–Crippen MR) is 79.2 cm³/mol. The minimum absolute atomic E-state index is 0.750. The van der Waals surface area contributed by atoms with Crippen LogP contribution in [0.15, 0.2) is 24.3 Å². The second kappa shape index (κ2) is 6.24. The lowest BCUT2D eigenvalue weighted by Gasteiger charge is -2.19. The van der Waals surface area contributed by atoms with E-state index in [4.69, 9.17) is 0 Å². The Balaban J connectivity index is 1.79. The van der Waals surface area contributed by atoms with E-state index in [2.05, 4.69) is 55.3 Å². The minimum Gasteiger partial charge on any atom is -0.371 e. The first-order valence-electron chi connectivity index (χ1n) is 7.17. The zero-order valence-corrected chi connectivity index (χ0v) is 11.9. The third-order valence-corrected chi connectivity index (χ3v) is 3.67. The van der Waals surface area contributed by atoms with Crippen LogP contribution in [0.2, 0.25) is 0 Å². The normalized spacial score (nSPS) is 19.8. The average molecular weight is 246 g/mol. The second-order valence-electron chi connectivity index (χ2n) is 5.99. The van der Waals surface area contributed by atoms with Crippen LogP contribution >= 0.6 is 0 Å². The monoisotopic (exact) mass is 246 g/mol.